The molecule has 1 N–H and O–H groups in total. The molecule has 2 fully saturated rings. The van der Waals surface area contributed by atoms with Crippen molar-refractivity contribution < 1.29 is 29.0 Å². The van der Waals surface area contributed by atoms with Gasteiger partial charge in [-0.3, -0.25) is 14.4 Å². The second-order valence-electron chi connectivity index (χ2n) is 16.0. The Labute approximate surface area is 280 Å². The van der Waals surface area contributed by atoms with Crippen LogP contribution in [-0.2, 0) is 19.1 Å². The van der Waals surface area contributed by atoms with Gasteiger partial charge in [0.2, 0.25) is 17.7 Å². The van der Waals surface area contributed by atoms with Gasteiger partial charge in [-0.05, 0) is 75.6 Å². The minimum Gasteiger partial charge on any atom is -0.494 e. The molecule has 0 aromatic heterocycles. The summed E-state index contributed by atoms with van der Waals surface area (Å²) >= 11 is 0. The van der Waals surface area contributed by atoms with E-state index in [1.165, 1.54) is 0 Å². The highest BCUT2D eigenvalue weighted by atomic mass is 16.5. The molecule has 0 radical (unpaired) electrons. The number of carbonyl (C=O) groups is 3. The van der Waals surface area contributed by atoms with Crippen molar-refractivity contribution in [3.05, 3.63) is 48.6 Å². The molecule has 0 bridgehead atoms. The quantitative estimate of drug-likeness (QED) is 0.343. The Morgan fingerprint density at radius 2 is 1.60 bits per heavy atom. The monoisotopic (exact) mass is 649 g/mol. The molecule has 258 valence electrons. The number of hydrogen-bond acceptors (Lipinski definition) is 6. The molecule has 4 aliphatic heterocycles. The molecule has 3 amide bonds. The van der Waals surface area contributed by atoms with Crippen LogP contribution >= 0.6 is 0 Å². The van der Waals surface area contributed by atoms with Crippen LogP contribution in [0, 0.1) is 23.2 Å². The summed E-state index contributed by atoms with van der Waals surface area (Å²) < 4.78 is 12.8. The maximum atomic E-state index is 15.1. The number of fused-ring (bicyclic) bond motifs is 2. The Morgan fingerprint density at radius 3 is 2.17 bits per heavy atom. The first kappa shape index (κ1) is 35.1. The Balaban J connectivity index is 1.65. The van der Waals surface area contributed by atoms with E-state index in [-0.39, 0.29) is 35.7 Å². The first-order valence-corrected chi connectivity index (χ1v) is 17.4. The maximum absolute atomic E-state index is 15.1. The van der Waals surface area contributed by atoms with Gasteiger partial charge in [0.15, 0.2) is 0 Å². The number of anilines is 1. The van der Waals surface area contributed by atoms with Crippen LogP contribution < -0.4 is 9.64 Å². The minimum absolute atomic E-state index is 0.0542. The summed E-state index contributed by atoms with van der Waals surface area (Å²) in [5.74, 6) is -1.66. The summed E-state index contributed by atoms with van der Waals surface area (Å²) in [6.07, 6.45) is 9.47. The largest absolute Gasteiger partial charge is 0.494 e. The summed E-state index contributed by atoms with van der Waals surface area (Å²) in [7, 11) is 0. The minimum atomic E-state index is -1.38. The number of nitrogens with zero attached hydrogens (tertiary/aromatic N) is 3. The Hall–Kier alpha value is -3.17. The van der Waals surface area contributed by atoms with Crippen LogP contribution in [0.1, 0.15) is 81.6 Å². The summed E-state index contributed by atoms with van der Waals surface area (Å²) in [5.41, 5.74) is -2.36. The standard InChI is InChI=1S/C38H55N3O6/c1-10-37-18-12-20-39(26-14-16-28(17-15-26)46-11-2)32(43)29(37)30-33(44)41(27(23-42)22-25(3)4)31-34(45)40(21-13-19-38(30,31)47-37)36(8,9)24-35(5,6)7/h12-19,25,27,29-31,42H,10-11,20-24H2,1-9H3/t27-,29+,30+,31?,37-,38+/m1/s1. The van der Waals surface area contributed by atoms with Crippen LogP contribution in [0.4, 0.5) is 5.69 Å². The van der Waals surface area contributed by atoms with Crippen LogP contribution in [0.2, 0.25) is 0 Å². The lowest BCUT2D eigenvalue weighted by molar-refractivity contribution is -0.159. The highest BCUT2D eigenvalue weighted by Crippen LogP contribution is 2.59. The fourth-order valence-corrected chi connectivity index (χ4v) is 8.97. The van der Waals surface area contributed by atoms with E-state index in [0.717, 1.165) is 6.42 Å². The second-order valence-corrected chi connectivity index (χ2v) is 16.0. The molecule has 0 aliphatic carbocycles. The average Bonchev–Trinajstić information content (AvgIpc) is 3.27. The van der Waals surface area contributed by atoms with E-state index in [1.807, 2.05) is 81.2 Å². The van der Waals surface area contributed by atoms with E-state index in [9.17, 15) is 9.90 Å². The molecular weight excluding hydrogens is 594 g/mol. The molecule has 4 aliphatic rings. The number of aliphatic hydroxyl groups excluding tert-OH is 1. The van der Waals surface area contributed by atoms with Crippen molar-refractivity contribution in [2.24, 2.45) is 23.2 Å². The third-order valence-electron chi connectivity index (χ3n) is 10.4. The van der Waals surface area contributed by atoms with Gasteiger partial charge in [0.05, 0.1) is 36.7 Å². The number of carbonyl (C=O) groups excluding carboxylic acids is 3. The van der Waals surface area contributed by atoms with Crippen molar-refractivity contribution >= 4 is 23.4 Å². The van der Waals surface area contributed by atoms with Crippen molar-refractivity contribution in [2.75, 3.05) is 31.2 Å². The van der Waals surface area contributed by atoms with Gasteiger partial charge in [0, 0.05) is 24.3 Å². The van der Waals surface area contributed by atoms with Crippen LogP contribution in [-0.4, -0.2) is 87.8 Å². The summed E-state index contributed by atoms with van der Waals surface area (Å²) in [6, 6.07) is 5.79. The van der Waals surface area contributed by atoms with E-state index in [2.05, 4.69) is 34.6 Å². The molecule has 9 nitrogen and oxygen atoms in total. The zero-order chi connectivity index (χ0) is 34.5. The number of ether oxygens (including phenoxy) is 2. The SMILES string of the molecule is CCOc1ccc(N2CC=C[C@@]3(CC)O[C@]45C=CCN(C(C)(C)CC(C)(C)C)C(=O)C4N([C@@H](CO)CC(C)C)C(=O)[C@@H]5[C@H]3C2=O)cc1. The second kappa shape index (κ2) is 12.7. The summed E-state index contributed by atoms with van der Waals surface area (Å²) in [6.45, 7) is 19.5. The Morgan fingerprint density at radius 1 is 0.936 bits per heavy atom. The lowest BCUT2D eigenvalue weighted by Gasteiger charge is -2.46. The zero-order valence-corrected chi connectivity index (χ0v) is 29.8. The molecule has 0 saturated carbocycles. The first-order valence-electron chi connectivity index (χ1n) is 17.4. The molecule has 2 saturated heterocycles. The van der Waals surface area contributed by atoms with Crippen LogP contribution in [0.15, 0.2) is 48.6 Å². The molecule has 1 aromatic carbocycles. The molecule has 5 rings (SSSR count). The molecule has 6 atom stereocenters. The van der Waals surface area contributed by atoms with Crippen LogP contribution in [0.5, 0.6) is 5.75 Å². The van der Waals surface area contributed by atoms with E-state index in [0.29, 0.717) is 44.0 Å². The molecule has 1 aromatic rings. The predicted molar refractivity (Wildman–Crippen MR) is 183 cm³/mol. The lowest BCUT2D eigenvalue weighted by Crippen LogP contribution is -2.62. The molecule has 1 unspecified atom stereocenters. The average molecular weight is 650 g/mol. The number of rotatable bonds is 10. The third kappa shape index (κ3) is 6.03. The third-order valence-corrected chi connectivity index (χ3v) is 10.4. The van der Waals surface area contributed by atoms with Gasteiger partial charge < -0.3 is 29.3 Å². The number of aliphatic hydroxyl groups is 1. The van der Waals surface area contributed by atoms with Gasteiger partial charge in [0.25, 0.3) is 0 Å². The summed E-state index contributed by atoms with van der Waals surface area (Å²) in [4.78, 5) is 50.2. The van der Waals surface area contributed by atoms with Gasteiger partial charge in [-0.2, -0.15) is 0 Å². The van der Waals surface area contributed by atoms with Crippen LogP contribution in [0.3, 0.4) is 0 Å². The first-order chi connectivity index (χ1) is 22.1. The van der Waals surface area contributed by atoms with Gasteiger partial charge in [-0.25, -0.2) is 0 Å². The predicted octanol–water partition coefficient (Wildman–Crippen LogP) is 5.37. The fraction of sp³-hybridized carbons (Fsp3) is 0.658. The van der Waals surface area contributed by atoms with E-state index in [1.54, 1.807) is 9.80 Å². The van der Waals surface area contributed by atoms with E-state index >= 15 is 9.59 Å². The van der Waals surface area contributed by atoms with Crippen molar-refractivity contribution in [1.82, 2.24) is 9.80 Å². The topological polar surface area (TPSA) is 99.6 Å². The van der Waals surface area contributed by atoms with Crippen LogP contribution in [0.25, 0.3) is 0 Å². The fourth-order valence-electron chi connectivity index (χ4n) is 8.97. The van der Waals surface area contributed by atoms with Crippen molar-refractivity contribution in [1.29, 1.82) is 0 Å². The van der Waals surface area contributed by atoms with E-state index < -0.39 is 40.7 Å². The van der Waals surface area contributed by atoms with Gasteiger partial charge in [-0.15, -0.1) is 0 Å². The highest BCUT2D eigenvalue weighted by Gasteiger charge is 2.76. The molecule has 4 heterocycles. The molecule has 1 spiro atoms. The number of hydrogen-bond donors (Lipinski definition) is 1. The van der Waals surface area contributed by atoms with Crippen molar-refractivity contribution in [3.63, 3.8) is 0 Å². The number of amides is 3. The Bertz CT molecular complexity index is 1410. The number of benzene rings is 1. The number of likely N-dealkylation sites (tertiary alicyclic amines) is 1. The van der Waals surface area contributed by atoms with Crippen molar-refractivity contribution in [2.45, 2.75) is 110 Å². The molecule has 9 heteroatoms. The zero-order valence-electron chi connectivity index (χ0n) is 29.8. The Kier molecular flexibility index (Phi) is 9.49. The van der Waals surface area contributed by atoms with Gasteiger partial charge in [-0.1, -0.05) is 65.8 Å². The normalized spacial score (nSPS) is 30.0. The van der Waals surface area contributed by atoms with Crippen molar-refractivity contribution in [3.8, 4) is 5.75 Å². The molecular formula is C38H55N3O6. The smallest absolute Gasteiger partial charge is 0.249 e. The lowest BCUT2D eigenvalue weighted by atomic mass is 9.72. The van der Waals surface area contributed by atoms with Gasteiger partial charge >= 0.3 is 0 Å². The maximum Gasteiger partial charge on any atom is 0.249 e. The van der Waals surface area contributed by atoms with E-state index in [4.69, 9.17) is 9.47 Å². The molecule has 47 heavy (non-hydrogen) atoms. The summed E-state index contributed by atoms with van der Waals surface area (Å²) in [5, 5.41) is 10.7. The highest BCUT2D eigenvalue weighted by molar-refractivity contribution is 6.04. The van der Waals surface area contributed by atoms with Gasteiger partial charge in [0.1, 0.15) is 17.4 Å².